The van der Waals surface area contributed by atoms with Crippen molar-refractivity contribution in [1.29, 1.82) is 0 Å². The van der Waals surface area contributed by atoms with Crippen molar-refractivity contribution < 1.29 is 9.84 Å². The van der Waals surface area contributed by atoms with Crippen LogP contribution in [-0.4, -0.2) is 21.6 Å². The second-order valence-electron chi connectivity index (χ2n) is 5.77. The molecule has 2 nitrogen and oxygen atoms in total. The van der Waals surface area contributed by atoms with Gasteiger partial charge in [-0.1, -0.05) is 0 Å². The van der Waals surface area contributed by atoms with Crippen LogP contribution in [0.25, 0.3) is 0 Å². The Balaban J connectivity index is 2.11. The number of hydrogen-bond acceptors (Lipinski definition) is 3. The SMILES string of the molecule is CC1(C)CC(Sc2ccc(O)cc2)C(C)(C)O1. The highest BCUT2D eigenvalue weighted by molar-refractivity contribution is 8.00. The zero-order chi connectivity index (χ0) is 12.7. The van der Waals surface area contributed by atoms with Crippen molar-refractivity contribution >= 4 is 11.8 Å². The highest BCUT2D eigenvalue weighted by atomic mass is 32.2. The third-order valence-corrected chi connectivity index (χ3v) is 4.67. The van der Waals surface area contributed by atoms with Crippen molar-refractivity contribution in [2.24, 2.45) is 0 Å². The summed E-state index contributed by atoms with van der Waals surface area (Å²) in [7, 11) is 0. The summed E-state index contributed by atoms with van der Waals surface area (Å²) in [5.74, 6) is 0.316. The molecule has 1 aliphatic heterocycles. The van der Waals surface area contributed by atoms with E-state index >= 15 is 0 Å². The summed E-state index contributed by atoms with van der Waals surface area (Å²) in [6, 6.07) is 7.38. The summed E-state index contributed by atoms with van der Waals surface area (Å²) in [4.78, 5) is 1.18. The summed E-state index contributed by atoms with van der Waals surface area (Å²) in [6.45, 7) is 8.60. The van der Waals surface area contributed by atoms with E-state index in [9.17, 15) is 5.11 Å². The van der Waals surface area contributed by atoms with Crippen LogP contribution in [0.15, 0.2) is 29.2 Å². The van der Waals surface area contributed by atoms with Crippen LogP contribution in [0.5, 0.6) is 5.75 Å². The van der Waals surface area contributed by atoms with Crippen molar-refractivity contribution in [2.75, 3.05) is 0 Å². The van der Waals surface area contributed by atoms with Gasteiger partial charge in [-0.25, -0.2) is 0 Å². The zero-order valence-electron chi connectivity index (χ0n) is 10.9. The number of phenolic OH excluding ortho intramolecular Hbond substituents is 1. The summed E-state index contributed by atoms with van der Waals surface area (Å²) in [6.07, 6.45) is 1.05. The third-order valence-electron chi connectivity index (χ3n) is 3.11. The normalized spacial score (nSPS) is 26.0. The number of rotatable bonds is 2. The smallest absolute Gasteiger partial charge is 0.115 e. The van der Waals surface area contributed by atoms with E-state index in [2.05, 4.69) is 27.7 Å². The molecule has 1 unspecified atom stereocenters. The highest BCUT2D eigenvalue weighted by Crippen LogP contribution is 2.46. The second-order valence-corrected chi connectivity index (χ2v) is 7.05. The van der Waals surface area contributed by atoms with E-state index in [4.69, 9.17) is 4.74 Å². The van der Waals surface area contributed by atoms with Gasteiger partial charge in [0.05, 0.1) is 11.2 Å². The Hall–Kier alpha value is -0.670. The van der Waals surface area contributed by atoms with Gasteiger partial charge in [-0.2, -0.15) is 0 Å². The largest absolute Gasteiger partial charge is 0.508 e. The molecule has 1 saturated heterocycles. The molecule has 0 amide bonds. The van der Waals surface area contributed by atoms with Crippen molar-refractivity contribution in [3.63, 3.8) is 0 Å². The minimum Gasteiger partial charge on any atom is -0.508 e. The fraction of sp³-hybridized carbons (Fsp3) is 0.571. The maximum Gasteiger partial charge on any atom is 0.115 e. The van der Waals surface area contributed by atoms with Gasteiger partial charge < -0.3 is 9.84 Å². The monoisotopic (exact) mass is 252 g/mol. The minimum atomic E-state index is -0.105. The van der Waals surface area contributed by atoms with Crippen LogP contribution in [-0.2, 0) is 4.74 Å². The molecule has 0 bridgehead atoms. The van der Waals surface area contributed by atoms with Crippen LogP contribution >= 0.6 is 11.8 Å². The summed E-state index contributed by atoms with van der Waals surface area (Å²) >= 11 is 1.83. The summed E-state index contributed by atoms with van der Waals surface area (Å²) < 4.78 is 6.07. The molecule has 1 aromatic rings. The molecule has 1 aliphatic rings. The van der Waals surface area contributed by atoms with Crippen molar-refractivity contribution in [1.82, 2.24) is 0 Å². The predicted octanol–water partition coefficient (Wildman–Crippen LogP) is 3.83. The van der Waals surface area contributed by atoms with E-state index in [0.717, 1.165) is 6.42 Å². The van der Waals surface area contributed by atoms with Gasteiger partial charge >= 0.3 is 0 Å². The van der Waals surface area contributed by atoms with Crippen LogP contribution in [0.3, 0.4) is 0 Å². The van der Waals surface area contributed by atoms with Gasteiger partial charge in [0.15, 0.2) is 0 Å². The molecule has 94 valence electrons. The quantitative estimate of drug-likeness (QED) is 0.867. The van der Waals surface area contributed by atoms with E-state index < -0.39 is 0 Å². The average molecular weight is 252 g/mol. The first-order valence-electron chi connectivity index (χ1n) is 5.94. The number of hydrogen-bond donors (Lipinski definition) is 1. The fourth-order valence-electron chi connectivity index (χ4n) is 2.38. The third kappa shape index (κ3) is 2.96. The van der Waals surface area contributed by atoms with Crippen molar-refractivity contribution in [3.05, 3.63) is 24.3 Å². The molecule has 17 heavy (non-hydrogen) atoms. The Kier molecular flexibility index (Phi) is 3.17. The zero-order valence-corrected chi connectivity index (χ0v) is 11.7. The fourth-order valence-corrected chi connectivity index (χ4v) is 3.82. The molecule has 3 heteroatoms. The number of phenols is 1. The summed E-state index contributed by atoms with van der Waals surface area (Å²) in [5, 5.41) is 9.72. The molecule has 2 rings (SSSR count). The maximum atomic E-state index is 9.27. The van der Waals surface area contributed by atoms with E-state index in [0.29, 0.717) is 11.0 Å². The number of benzene rings is 1. The van der Waals surface area contributed by atoms with E-state index in [1.807, 2.05) is 23.9 Å². The van der Waals surface area contributed by atoms with E-state index in [-0.39, 0.29) is 11.2 Å². The molecule has 0 aliphatic carbocycles. The van der Waals surface area contributed by atoms with E-state index in [1.54, 1.807) is 12.1 Å². The second kappa shape index (κ2) is 4.21. The van der Waals surface area contributed by atoms with Crippen LogP contribution in [0.1, 0.15) is 34.1 Å². The molecule has 0 spiro atoms. The van der Waals surface area contributed by atoms with Crippen LogP contribution in [0.2, 0.25) is 0 Å². The molecule has 0 radical (unpaired) electrons. The highest BCUT2D eigenvalue weighted by Gasteiger charge is 2.46. The number of ether oxygens (including phenoxy) is 1. The Labute approximate surface area is 107 Å². The predicted molar refractivity (Wildman–Crippen MR) is 71.6 cm³/mol. The van der Waals surface area contributed by atoms with Gasteiger partial charge in [0, 0.05) is 10.1 Å². The van der Waals surface area contributed by atoms with Gasteiger partial charge in [-0.3, -0.25) is 0 Å². The van der Waals surface area contributed by atoms with Crippen LogP contribution in [0.4, 0.5) is 0 Å². The van der Waals surface area contributed by atoms with Gasteiger partial charge in [-0.05, 0) is 58.4 Å². The molecule has 1 heterocycles. The first-order valence-corrected chi connectivity index (χ1v) is 6.82. The maximum absolute atomic E-state index is 9.27. The average Bonchev–Trinajstić information content (AvgIpc) is 2.38. The Morgan fingerprint density at radius 2 is 1.76 bits per heavy atom. The molecule has 1 N–H and O–H groups in total. The van der Waals surface area contributed by atoms with Crippen molar-refractivity contribution in [3.8, 4) is 5.75 Å². The lowest BCUT2D eigenvalue weighted by Crippen LogP contribution is -2.30. The Morgan fingerprint density at radius 3 is 2.24 bits per heavy atom. The lowest BCUT2D eigenvalue weighted by atomic mass is 10.0. The lowest BCUT2D eigenvalue weighted by Gasteiger charge is -2.26. The standard InChI is InChI=1S/C14H20O2S/c1-13(2)9-12(14(3,4)16-13)17-11-7-5-10(15)6-8-11/h5-8,12,15H,9H2,1-4H3. The van der Waals surface area contributed by atoms with E-state index in [1.165, 1.54) is 4.90 Å². The molecular formula is C14H20O2S. The topological polar surface area (TPSA) is 29.5 Å². The first kappa shape index (κ1) is 12.8. The van der Waals surface area contributed by atoms with Gasteiger partial charge in [0.1, 0.15) is 5.75 Å². The van der Waals surface area contributed by atoms with Crippen molar-refractivity contribution in [2.45, 2.75) is 55.5 Å². The molecule has 1 fully saturated rings. The molecule has 0 saturated carbocycles. The minimum absolute atomic E-state index is 0.0436. The molecule has 1 aromatic carbocycles. The van der Waals surface area contributed by atoms with Crippen LogP contribution < -0.4 is 0 Å². The van der Waals surface area contributed by atoms with Gasteiger partial charge in [0.2, 0.25) is 0 Å². The Bertz CT molecular complexity index is 395. The lowest BCUT2D eigenvalue weighted by molar-refractivity contribution is -0.0631. The van der Waals surface area contributed by atoms with Crippen LogP contribution in [0, 0.1) is 0 Å². The Morgan fingerprint density at radius 1 is 1.18 bits per heavy atom. The van der Waals surface area contributed by atoms with Gasteiger partial charge in [0.25, 0.3) is 0 Å². The summed E-state index contributed by atoms with van der Waals surface area (Å²) in [5.41, 5.74) is -0.149. The first-order chi connectivity index (χ1) is 7.78. The number of aromatic hydroxyl groups is 1. The number of thioether (sulfide) groups is 1. The van der Waals surface area contributed by atoms with Gasteiger partial charge in [-0.15, -0.1) is 11.8 Å². The molecule has 0 aromatic heterocycles. The molecular weight excluding hydrogens is 232 g/mol. The molecule has 1 atom stereocenters.